The van der Waals surface area contributed by atoms with E-state index in [-0.39, 0.29) is 37.9 Å². The number of alkyl halides is 3. The zero-order valence-corrected chi connectivity index (χ0v) is 10.1. The third-order valence-electron chi connectivity index (χ3n) is 3.28. The summed E-state index contributed by atoms with van der Waals surface area (Å²) in [5.74, 6) is 0.182. The minimum Gasteiger partial charge on any atom is -0.341 e. The fraction of sp³-hybridized carbons (Fsp3) is 0.900. The lowest BCUT2D eigenvalue weighted by atomic mass is 9.96. The number of carbonyl (C=O) groups excluding carboxylic acids is 1. The lowest BCUT2D eigenvalue weighted by Gasteiger charge is -2.34. The fourth-order valence-electron chi connectivity index (χ4n) is 2.20. The van der Waals surface area contributed by atoms with Crippen LogP contribution in [0.25, 0.3) is 0 Å². The van der Waals surface area contributed by atoms with E-state index in [9.17, 15) is 18.0 Å². The van der Waals surface area contributed by atoms with Crippen LogP contribution in [0.15, 0.2) is 0 Å². The Labute approximate surface area is 102 Å². The molecule has 0 aliphatic carbocycles. The summed E-state index contributed by atoms with van der Waals surface area (Å²) < 4.78 is 37.4. The van der Waals surface area contributed by atoms with Gasteiger partial charge in [0.05, 0.1) is 12.0 Å². The minimum atomic E-state index is -4.11. The smallest absolute Gasteiger partial charge is 0.341 e. The maximum Gasteiger partial charge on any atom is 0.391 e. The van der Waals surface area contributed by atoms with Gasteiger partial charge in [0.15, 0.2) is 0 Å². The Morgan fingerprint density at radius 3 is 2.41 bits per heavy atom. The predicted molar refractivity (Wildman–Crippen MR) is 59.6 cm³/mol. The molecule has 0 aromatic heterocycles. The molecule has 0 saturated carbocycles. The lowest BCUT2D eigenvalue weighted by molar-refractivity contribution is -0.186. The van der Waals surface area contributed by atoms with Crippen LogP contribution in [0.1, 0.15) is 12.8 Å². The normalized spacial score (nSPS) is 27.5. The summed E-state index contributed by atoms with van der Waals surface area (Å²) in [5.41, 5.74) is 0. The van der Waals surface area contributed by atoms with Crippen molar-refractivity contribution in [2.24, 2.45) is 5.92 Å². The van der Waals surface area contributed by atoms with Crippen LogP contribution in [0.5, 0.6) is 0 Å². The summed E-state index contributed by atoms with van der Waals surface area (Å²) in [4.78, 5) is 13.5. The molecule has 17 heavy (non-hydrogen) atoms. The Hall–Kier alpha value is -0.430. The first-order chi connectivity index (χ1) is 7.98. The standard InChI is InChI=1S/C10H15F3N2OS/c11-10(12,13)7-1-3-15(4-2-7)9(16)8-5-17-6-14-8/h7-8,14H,1-6H2. The zero-order valence-electron chi connectivity index (χ0n) is 9.29. The second kappa shape index (κ2) is 5.06. The van der Waals surface area contributed by atoms with Crippen LogP contribution in [0, 0.1) is 5.92 Å². The monoisotopic (exact) mass is 268 g/mol. The van der Waals surface area contributed by atoms with Crippen LogP contribution in [0.3, 0.4) is 0 Å². The van der Waals surface area contributed by atoms with Crippen LogP contribution < -0.4 is 5.32 Å². The number of piperidine rings is 1. The average molecular weight is 268 g/mol. The number of nitrogens with zero attached hydrogens (tertiary/aromatic N) is 1. The van der Waals surface area contributed by atoms with Gasteiger partial charge in [0.25, 0.3) is 0 Å². The second-order valence-corrected chi connectivity index (χ2v) is 5.44. The molecule has 0 bridgehead atoms. The molecule has 1 amide bonds. The Kier molecular flexibility index (Phi) is 3.87. The summed E-state index contributed by atoms with van der Waals surface area (Å²) in [7, 11) is 0. The van der Waals surface area contributed by atoms with E-state index >= 15 is 0 Å². The largest absolute Gasteiger partial charge is 0.391 e. The van der Waals surface area contributed by atoms with Crippen molar-refractivity contribution in [3.8, 4) is 0 Å². The highest BCUT2D eigenvalue weighted by atomic mass is 32.2. The zero-order chi connectivity index (χ0) is 12.5. The molecule has 1 atom stereocenters. The number of likely N-dealkylation sites (tertiary alicyclic amines) is 1. The quantitative estimate of drug-likeness (QED) is 0.781. The number of amides is 1. The molecule has 2 heterocycles. The van der Waals surface area contributed by atoms with Gasteiger partial charge in [-0.25, -0.2) is 0 Å². The maximum atomic E-state index is 12.5. The van der Waals surface area contributed by atoms with Gasteiger partial charge in [-0.1, -0.05) is 0 Å². The second-order valence-electron chi connectivity index (χ2n) is 4.41. The first-order valence-electron chi connectivity index (χ1n) is 5.65. The lowest BCUT2D eigenvalue weighted by Crippen LogP contribution is -2.49. The van der Waals surface area contributed by atoms with Gasteiger partial charge in [-0.3, -0.25) is 10.1 Å². The maximum absolute atomic E-state index is 12.5. The van der Waals surface area contributed by atoms with Crippen molar-refractivity contribution in [3.63, 3.8) is 0 Å². The van der Waals surface area contributed by atoms with E-state index in [2.05, 4.69) is 5.32 Å². The summed E-state index contributed by atoms with van der Waals surface area (Å²) in [6, 6.07) is -0.206. The SMILES string of the molecule is O=C(C1CSCN1)N1CCC(C(F)(F)F)CC1. The van der Waals surface area contributed by atoms with E-state index in [0.29, 0.717) is 0 Å². The predicted octanol–water partition coefficient (Wildman–Crippen LogP) is 1.45. The van der Waals surface area contributed by atoms with E-state index in [4.69, 9.17) is 0 Å². The summed E-state index contributed by atoms with van der Waals surface area (Å²) in [6.45, 7) is 0.456. The molecule has 2 fully saturated rings. The number of hydrogen-bond donors (Lipinski definition) is 1. The number of carbonyl (C=O) groups is 1. The van der Waals surface area contributed by atoms with Crippen LogP contribution in [0.2, 0.25) is 0 Å². The highest BCUT2D eigenvalue weighted by Crippen LogP contribution is 2.34. The number of hydrogen-bond acceptors (Lipinski definition) is 3. The van der Waals surface area contributed by atoms with E-state index in [1.165, 1.54) is 0 Å². The Morgan fingerprint density at radius 2 is 1.94 bits per heavy atom. The topological polar surface area (TPSA) is 32.3 Å². The van der Waals surface area contributed by atoms with Gasteiger partial charge < -0.3 is 4.90 Å². The number of rotatable bonds is 1. The molecule has 0 radical (unpaired) electrons. The van der Waals surface area contributed by atoms with Gasteiger partial charge in [-0.15, -0.1) is 11.8 Å². The van der Waals surface area contributed by atoms with Crippen molar-refractivity contribution < 1.29 is 18.0 Å². The molecule has 7 heteroatoms. The molecule has 2 aliphatic heterocycles. The van der Waals surface area contributed by atoms with Crippen LogP contribution in [-0.2, 0) is 4.79 Å². The van der Waals surface area contributed by atoms with Crippen molar-refractivity contribution in [3.05, 3.63) is 0 Å². The molecule has 0 aromatic carbocycles. The van der Waals surface area contributed by atoms with Gasteiger partial charge in [0, 0.05) is 24.7 Å². The first-order valence-corrected chi connectivity index (χ1v) is 6.80. The van der Waals surface area contributed by atoms with E-state index in [1.54, 1.807) is 16.7 Å². The molecule has 0 aromatic rings. The highest BCUT2D eigenvalue weighted by molar-refractivity contribution is 7.99. The molecule has 3 nitrogen and oxygen atoms in total. The van der Waals surface area contributed by atoms with Gasteiger partial charge >= 0.3 is 6.18 Å². The first kappa shape index (κ1) is 13.0. The van der Waals surface area contributed by atoms with Gasteiger partial charge in [-0.2, -0.15) is 13.2 Å². The Morgan fingerprint density at radius 1 is 1.29 bits per heavy atom. The molecule has 1 unspecified atom stereocenters. The van der Waals surface area contributed by atoms with Crippen molar-refractivity contribution in [1.29, 1.82) is 0 Å². The van der Waals surface area contributed by atoms with Crippen molar-refractivity contribution in [2.75, 3.05) is 24.7 Å². The Bertz CT molecular complexity index is 284. The van der Waals surface area contributed by atoms with E-state index in [0.717, 1.165) is 11.6 Å². The van der Waals surface area contributed by atoms with Gasteiger partial charge in [0.2, 0.25) is 5.91 Å². The number of thioether (sulfide) groups is 1. The number of nitrogens with one attached hydrogen (secondary N) is 1. The van der Waals surface area contributed by atoms with Crippen LogP contribution >= 0.6 is 11.8 Å². The molecule has 0 spiro atoms. The van der Waals surface area contributed by atoms with E-state index < -0.39 is 12.1 Å². The van der Waals surface area contributed by atoms with Gasteiger partial charge in [-0.05, 0) is 12.8 Å². The number of halogens is 3. The molecule has 2 saturated heterocycles. The highest BCUT2D eigenvalue weighted by Gasteiger charge is 2.42. The third kappa shape index (κ3) is 3.07. The molecular weight excluding hydrogens is 253 g/mol. The van der Waals surface area contributed by atoms with Crippen molar-refractivity contribution in [1.82, 2.24) is 10.2 Å². The molecule has 2 rings (SSSR count). The molecule has 2 aliphatic rings. The Balaban J connectivity index is 1.84. The van der Waals surface area contributed by atoms with Crippen LogP contribution in [0.4, 0.5) is 13.2 Å². The van der Waals surface area contributed by atoms with E-state index in [1.807, 2.05) is 0 Å². The molecule has 98 valence electrons. The van der Waals surface area contributed by atoms with Gasteiger partial charge in [0.1, 0.15) is 0 Å². The van der Waals surface area contributed by atoms with Crippen molar-refractivity contribution in [2.45, 2.75) is 25.1 Å². The van der Waals surface area contributed by atoms with Crippen molar-refractivity contribution >= 4 is 17.7 Å². The molecule has 1 N–H and O–H groups in total. The van der Waals surface area contributed by atoms with Crippen LogP contribution in [-0.4, -0.2) is 47.7 Å². The minimum absolute atomic E-state index is 0.0368. The summed E-state index contributed by atoms with van der Waals surface area (Å²) in [5, 5.41) is 3.04. The average Bonchev–Trinajstić information content (AvgIpc) is 2.80. The third-order valence-corrected chi connectivity index (χ3v) is 4.22. The summed E-state index contributed by atoms with van der Waals surface area (Å²) in [6.07, 6.45) is -4.04. The molecular formula is C10H15F3N2OS. The fourth-order valence-corrected chi connectivity index (χ4v) is 3.13. The summed E-state index contributed by atoms with van der Waals surface area (Å²) >= 11 is 1.64.